The van der Waals surface area contributed by atoms with Crippen LogP contribution in [0, 0.1) is 6.92 Å². The summed E-state index contributed by atoms with van der Waals surface area (Å²) in [4.78, 5) is 16.4. The summed E-state index contributed by atoms with van der Waals surface area (Å²) in [6.07, 6.45) is 2.02. The van der Waals surface area contributed by atoms with Crippen LogP contribution in [0.4, 0.5) is 0 Å². The second kappa shape index (κ2) is 8.74. The molecule has 0 bridgehead atoms. The molecule has 1 aromatic heterocycles. The van der Waals surface area contributed by atoms with Gasteiger partial charge in [-0.2, -0.15) is 0 Å². The maximum Gasteiger partial charge on any atom is 0.161 e. The third kappa shape index (κ3) is 4.09. The lowest BCUT2D eigenvalue weighted by molar-refractivity contribution is -0.254. The van der Waals surface area contributed by atoms with Crippen LogP contribution in [0.5, 0.6) is 11.5 Å². The van der Waals surface area contributed by atoms with Crippen LogP contribution in [0.15, 0.2) is 42.5 Å². The van der Waals surface area contributed by atoms with Gasteiger partial charge in [0.05, 0.1) is 30.4 Å². The first kappa shape index (κ1) is 19.7. The number of carbonyl (C=O) groups is 1. The normalized spacial score (nSPS) is 10.8. The van der Waals surface area contributed by atoms with E-state index in [1.54, 1.807) is 12.1 Å². The van der Waals surface area contributed by atoms with Gasteiger partial charge in [0.25, 0.3) is 0 Å². The largest absolute Gasteiger partial charge is 0.545 e. The predicted molar refractivity (Wildman–Crippen MR) is 108 cm³/mol. The SMILES string of the molecule is CCCCOc1ccc(-c2cc(C(=O)[O-])c3cccc(C)c3n2)cc1OCC. The standard InChI is InChI=1S/C23H25NO4/c1-4-6-12-28-20-11-10-16(13-21(20)27-5-2)19-14-18(23(25)26)17-9-7-8-15(3)22(17)24-19/h7-11,13-14H,4-6,12H2,1-3H3,(H,25,26)/p-1. The maximum absolute atomic E-state index is 11.7. The van der Waals surface area contributed by atoms with E-state index in [4.69, 9.17) is 14.5 Å². The number of unbranched alkanes of at least 4 members (excludes halogenated alkanes) is 1. The third-order valence-corrected chi connectivity index (χ3v) is 4.56. The minimum atomic E-state index is -1.22. The van der Waals surface area contributed by atoms with E-state index >= 15 is 0 Å². The Bertz CT molecular complexity index is 997. The number of rotatable bonds is 8. The molecule has 146 valence electrons. The Labute approximate surface area is 164 Å². The maximum atomic E-state index is 11.7. The van der Waals surface area contributed by atoms with E-state index in [-0.39, 0.29) is 5.56 Å². The van der Waals surface area contributed by atoms with Gasteiger partial charge in [-0.25, -0.2) is 4.98 Å². The first-order valence-electron chi connectivity index (χ1n) is 9.56. The zero-order valence-corrected chi connectivity index (χ0v) is 16.5. The number of fused-ring (bicyclic) bond motifs is 1. The van der Waals surface area contributed by atoms with E-state index in [1.807, 2.05) is 44.2 Å². The van der Waals surface area contributed by atoms with Gasteiger partial charge in [0.1, 0.15) is 0 Å². The Kier molecular flexibility index (Phi) is 6.14. The molecule has 0 spiro atoms. The van der Waals surface area contributed by atoms with Crippen molar-refractivity contribution in [1.29, 1.82) is 0 Å². The zero-order valence-electron chi connectivity index (χ0n) is 16.5. The highest BCUT2D eigenvalue weighted by atomic mass is 16.5. The van der Waals surface area contributed by atoms with Crippen molar-refractivity contribution >= 4 is 16.9 Å². The molecule has 28 heavy (non-hydrogen) atoms. The minimum Gasteiger partial charge on any atom is -0.545 e. The number of carboxylic acids is 1. The summed E-state index contributed by atoms with van der Waals surface area (Å²) in [7, 11) is 0. The van der Waals surface area contributed by atoms with Crippen LogP contribution >= 0.6 is 0 Å². The van der Waals surface area contributed by atoms with Crippen molar-refractivity contribution in [2.75, 3.05) is 13.2 Å². The van der Waals surface area contributed by atoms with Gasteiger partial charge < -0.3 is 19.4 Å². The second-order valence-electron chi connectivity index (χ2n) is 6.61. The molecule has 3 aromatic rings. The monoisotopic (exact) mass is 378 g/mol. The number of para-hydroxylation sites is 1. The highest BCUT2D eigenvalue weighted by Gasteiger charge is 2.13. The molecular weight excluding hydrogens is 354 g/mol. The Morgan fingerprint density at radius 2 is 1.89 bits per heavy atom. The third-order valence-electron chi connectivity index (χ3n) is 4.56. The van der Waals surface area contributed by atoms with Gasteiger partial charge in [0.15, 0.2) is 11.5 Å². The molecule has 0 N–H and O–H groups in total. The van der Waals surface area contributed by atoms with E-state index in [2.05, 4.69) is 6.92 Å². The minimum absolute atomic E-state index is 0.130. The van der Waals surface area contributed by atoms with Crippen molar-refractivity contribution < 1.29 is 19.4 Å². The molecule has 3 rings (SSSR count). The molecule has 0 aliphatic rings. The van der Waals surface area contributed by atoms with Crippen LogP contribution in [0.2, 0.25) is 0 Å². The topological polar surface area (TPSA) is 71.5 Å². The lowest BCUT2D eigenvalue weighted by Crippen LogP contribution is -2.22. The van der Waals surface area contributed by atoms with E-state index in [1.165, 1.54) is 0 Å². The van der Waals surface area contributed by atoms with E-state index in [0.717, 1.165) is 24.0 Å². The van der Waals surface area contributed by atoms with Crippen molar-refractivity contribution in [3.8, 4) is 22.8 Å². The second-order valence-corrected chi connectivity index (χ2v) is 6.61. The quantitative estimate of drug-likeness (QED) is 0.551. The highest BCUT2D eigenvalue weighted by molar-refractivity contribution is 6.03. The molecule has 0 saturated heterocycles. The van der Waals surface area contributed by atoms with Gasteiger partial charge in [0.2, 0.25) is 0 Å². The number of carbonyl (C=O) groups excluding carboxylic acids is 1. The number of nitrogens with zero attached hydrogens (tertiary/aromatic N) is 1. The van der Waals surface area contributed by atoms with Gasteiger partial charge in [-0.3, -0.25) is 0 Å². The highest BCUT2D eigenvalue weighted by Crippen LogP contribution is 2.34. The smallest absolute Gasteiger partial charge is 0.161 e. The van der Waals surface area contributed by atoms with Crippen molar-refractivity contribution in [3.05, 3.63) is 53.6 Å². The number of hydrogen-bond donors (Lipinski definition) is 0. The number of pyridine rings is 1. The van der Waals surface area contributed by atoms with E-state index in [0.29, 0.717) is 41.3 Å². The van der Waals surface area contributed by atoms with Crippen molar-refractivity contribution in [2.24, 2.45) is 0 Å². The fourth-order valence-corrected chi connectivity index (χ4v) is 3.09. The van der Waals surface area contributed by atoms with E-state index in [9.17, 15) is 9.90 Å². The first-order chi connectivity index (χ1) is 13.5. The molecule has 5 heteroatoms. The number of ether oxygens (including phenoxy) is 2. The number of benzene rings is 2. The van der Waals surface area contributed by atoms with Crippen LogP contribution in [0.1, 0.15) is 42.6 Å². The fourth-order valence-electron chi connectivity index (χ4n) is 3.09. The summed E-state index contributed by atoms with van der Waals surface area (Å²) < 4.78 is 11.6. The molecule has 1 heterocycles. The zero-order chi connectivity index (χ0) is 20.1. The molecule has 0 unspecified atom stereocenters. The average molecular weight is 378 g/mol. The lowest BCUT2D eigenvalue weighted by Gasteiger charge is -2.15. The van der Waals surface area contributed by atoms with Gasteiger partial charge in [0, 0.05) is 16.5 Å². The first-order valence-corrected chi connectivity index (χ1v) is 9.56. The number of carboxylic acid groups (broad SMARTS) is 1. The Balaban J connectivity index is 2.09. The molecule has 0 aliphatic carbocycles. The van der Waals surface area contributed by atoms with Crippen molar-refractivity contribution in [1.82, 2.24) is 4.98 Å². The Morgan fingerprint density at radius 3 is 2.61 bits per heavy atom. The molecular formula is C23H24NO4-. The van der Waals surface area contributed by atoms with Crippen LogP contribution in [0.3, 0.4) is 0 Å². The summed E-state index contributed by atoms with van der Waals surface area (Å²) >= 11 is 0. The van der Waals surface area contributed by atoms with E-state index < -0.39 is 5.97 Å². The summed E-state index contributed by atoms with van der Waals surface area (Å²) in [5.74, 6) is 0.0812. The molecule has 0 radical (unpaired) electrons. The van der Waals surface area contributed by atoms with Crippen LogP contribution < -0.4 is 14.6 Å². The molecule has 0 amide bonds. The van der Waals surface area contributed by atoms with Crippen molar-refractivity contribution in [2.45, 2.75) is 33.6 Å². The molecule has 0 atom stereocenters. The summed E-state index contributed by atoms with van der Waals surface area (Å²) in [5, 5.41) is 12.3. The molecule has 0 saturated carbocycles. The molecule has 0 fully saturated rings. The van der Waals surface area contributed by atoms with Crippen LogP contribution in [0.25, 0.3) is 22.2 Å². The summed E-state index contributed by atoms with van der Waals surface area (Å²) in [5.41, 5.74) is 3.01. The summed E-state index contributed by atoms with van der Waals surface area (Å²) in [6, 6.07) is 12.6. The molecule has 5 nitrogen and oxygen atoms in total. The van der Waals surface area contributed by atoms with Crippen LogP contribution in [-0.2, 0) is 0 Å². The van der Waals surface area contributed by atoms with Gasteiger partial charge >= 0.3 is 0 Å². The van der Waals surface area contributed by atoms with Gasteiger partial charge in [-0.15, -0.1) is 0 Å². The fraction of sp³-hybridized carbons (Fsp3) is 0.304. The molecule has 2 aromatic carbocycles. The number of aryl methyl sites for hydroxylation is 1. The summed E-state index contributed by atoms with van der Waals surface area (Å²) in [6.45, 7) is 7.06. The Hall–Kier alpha value is -3.08. The number of aromatic carboxylic acids is 1. The molecule has 0 aliphatic heterocycles. The predicted octanol–water partition coefficient (Wildman–Crippen LogP) is 4.15. The van der Waals surface area contributed by atoms with Crippen molar-refractivity contribution in [3.63, 3.8) is 0 Å². The lowest BCUT2D eigenvalue weighted by atomic mass is 10.0. The number of hydrogen-bond acceptors (Lipinski definition) is 5. The van der Waals surface area contributed by atoms with Gasteiger partial charge in [-0.1, -0.05) is 31.5 Å². The Morgan fingerprint density at radius 1 is 1.07 bits per heavy atom. The average Bonchev–Trinajstić information content (AvgIpc) is 2.69. The number of aromatic nitrogens is 1. The van der Waals surface area contributed by atoms with Crippen LogP contribution in [-0.4, -0.2) is 24.2 Å². The van der Waals surface area contributed by atoms with Gasteiger partial charge in [-0.05, 0) is 50.1 Å².